The number of rotatable bonds is 3. The third-order valence-corrected chi connectivity index (χ3v) is 8.50. The van der Waals surface area contributed by atoms with Crippen LogP contribution in [-0.2, 0) is 23.9 Å². The molecular formula is C24H37NO9. The molecule has 2 saturated carbocycles. The summed E-state index contributed by atoms with van der Waals surface area (Å²) in [7, 11) is 0. The standard InChI is InChI=1S/C24H37NO9/c1-8-15(28)33-25-19(30)32-18-16(29)17-20(3,4)11-10-13(26)22(17,6)24(31)14(27)12-21(5,9-2)34-23(18,24)7/h9,13,16-18,26,29,31H,2,8,10-12H2,1,3-7H3,(H,25,30)/t13-,16-,17-,18-,21+,22-,23+,24-/m1/s1. The van der Waals surface area contributed by atoms with Gasteiger partial charge in [-0.25, -0.2) is 9.59 Å². The van der Waals surface area contributed by atoms with E-state index in [9.17, 15) is 29.7 Å². The summed E-state index contributed by atoms with van der Waals surface area (Å²) in [5, 5.41) is 35.1. The lowest BCUT2D eigenvalue weighted by molar-refractivity contribution is -0.369. The second kappa shape index (κ2) is 8.29. The predicted molar refractivity (Wildman–Crippen MR) is 119 cm³/mol. The molecule has 0 bridgehead atoms. The highest BCUT2D eigenvalue weighted by Crippen LogP contribution is 2.67. The number of aliphatic hydroxyl groups is 3. The Balaban J connectivity index is 2.17. The Morgan fingerprint density at radius 1 is 1.24 bits per heavy atom. The molecule has 0 aromatic carbocycles. The van der Waals surface area contributed by atoms with Gasteiger partial charge in [0.2, 0.25) is 0 Å². The van der Waals surface area contributed by atoms with Crippen LogP contribution < -0.4 is 5.48 Å². The van der Waals surface area contributed by atoms with Crippen molar-refractivity contribution >= 4 is 17.8 Å². The zero-order valence-electron chi connectivity index (χ0n) is 20.7. The Hall–Kier alpha value is -2.01. The Kier molecular flexibility index (Phi) is 6.48. The first kappa shape index (κ1) is 26.6. The van der Waals surface area contributed by atoms with Crippen LogP contribution in [0.2, 0.25) is 0 Å². The van der Waals surface area contributed by atoms with Crippen LogP contribution in [0.5, 0.6) is 0 Å². The molecule has 34 heavy (non-hydrogen) atoms. The summed E-state index contributed by atoms with van der Waals surface area (Å²) in [6.07, 6.45) is -3.32. The SMILES string of the molecule is C=C[C@@]1(C)CC(=O)[C@@]2(O)[C@]3(C)[C@H](O)CCC(C)(C)[C@H]3[C@@H](O)[C@@H](OC(=O)NOC(=O)CC)[C@]2(C)O1. The number of ketones is 1. The van der Waals surface area contributed by atoms with Gasteiger partial charge in [-0.2, -0.15) is 0 Å². The molecule has 0 spiro atoms. The quantitative estimate of drug-likeness (QED) is 0.346. The summed E-state index contributed by atoms with van der Waals surface area (Å²) in [4.78, 5) is 42.4. The zero-order valence-corrected chi connectivity index (χ0v) is 20.7. The van der Waals surface area contributed by atoms with E-state index in [0.29, 0.717) is 12.8 Å². The van der Waals surface area contributed by atoms with E-state index in [-0.39, 0.29) is 12.8 Å². The maximum atomic E-state index is 13.7. The summed E-state index contributed by atoms with van der Waals surface area (Å²) in [6.45, 7) is 13.6. The van der Waals surface area contributed by atoms with Gasteiger partial charge in [-0.05, 0) is 32.1 Å². The van der Waals surface area contributed by atoms with Gasteiger partial charge in [0.25, 0.3) is 0 Å². The van der Waals surface area contributed by atoms with Crippen molar-refractivity contribution in [3.05, 3.63) is 12.7 Å². The van der Waals surface area contributed by atoms with Gasteiger partial charge in [0.15, 0.2) is 17.5 Å². The van der Waals surface area contributed by atoms with E-state index in [2.05, 4.69) is 11.4 Å². The largest absolute Gasteiger partial charge is 0.441 e. The zero-order chi connectivity index (χ0) is 25.9. The number of ether oxygens (including phenoxy) is 2. The number of nitrogens with one attached hydrogen (secondary N) is 1. The van der Waals surface area contributed by atoms with E-state index in [1.54, 1.807) is 13.8 Å². The lowest BCUT2D eigenvalue weighted by atomic mass is 9.40. The molecule has 1 heterocycles. The van der Waals surface area contributed by atoms with Crippen LogP contribution in [0.1, 0.15) is 67.2 Å². The van der Waals surface area contributed by atoms with Crippen molar-refractivity contribution in [3.63, 3.8) is 0 Å². The van der Waals surface area contributed by atoms with Crippen LogP contribution in [0.4, 0.5) is 4.79 Å². The molecule has 8 atom stereocenters. The monoisotopic (exact) mass is 483 g/mol. The molecule has 1 aliphatic heterocycles. The highest BCUT2D eigenvalue weighted by Gasteiger charge is 2.81. The van der Waals surface area contributed by atoms with E-state index in [4.69, 9.17) is 9.47 Å². The first-order chi connectivity index (χ1) is 15.5. The molecule has 3 aliphatic rings. The summed E-state index contributed by atoms with van der Waals surface area (Å²) in [6, 6.07) is 0. The van der Waals surface area contributed by atoms with Gasteiger partial charge >= 0.3 is 12.1 Å². The first-order valence-corrected chi connectivity index (χ1v) is 11.7. The van der Waals surface area contributed by atoms with Crippen LogP contribution in [0.3, 0.4) is 0 Å². The minimum Gasteiger partial charge on any atom is -0.438 e. The van der Waals surface area contributed by atoms with E-state index in [1.807, 2.05) is 19.3 Å². The summed E-state index contributed by atoms with van der Waals surface area (Å²) >= 11 is 0. The van der Waals surface area contributed by atoms with Gasteiger partial charge in [-0.1, -0.05) is 33.8 Å². The number of aliphatic hydroxyl groups excluding tert-OH is 2. The Bertz CT molecular complexity index is 890. The van der Waals surface area contributed by atoms with Crippen LogP contribution in [0.15, 0.2) is 12.7 Å². The molecule has 0 aromatic rings. The average Bonchev–Trinajstić information content (AvgIpc) is 2.75. The maximum Gasteiger partial charge on any atom is 0.441 e. The average molecular weight is 484 g/mol. The lowest BCUT2D eigenvalue weighted by Gasteiger charge is -2.71. The molecule has 10 nitrogen and oxygen atoms in total. The first-order valence-electron chi connectivity index (χ1n) is 11.7. The third kappa shape index (κ3) is 3.49. The number of amides is 1. The molecule has 4 N–H and O–H groups in total. The predicted octanol–water partition coefficient (Wildman–Crippen LogP) is 1.55. The molecule has 10 heteroatoms. The van der Waals surface area contributed by atoms with Crippen molar-refractivity contribution in [2.75, 3.05) is 0 Å². The number of hydrogen-bond acceptors (Lipinski definition) is 9. The van der Waals surface area contributed by atoms with Gasteiger partial charge in [-0.15, -0.1) is 12.1 Å². The molecule has 0 aromatic heterocycles. The fourth-order valence-electron chi connectivity index (χ4n) is 6.79. The van der Waals surface area contributed by atoms with E-state index < -0.39 is 69.7 Å². The van der Waals surface area contributed by atoms with Crippen molar-refractivity contribution in [1.29, 1.82) is 0 Å². The van der Waals surface area contributed by atoms with E-state index in [0.717, 1.165) is 0 Å². The number of hydroxylamine groups is 1. The van der Waals surface area contributed by atoms with Crippen molar-refractivity contribution in [2.24, 2.45) is 16.7 Å². The topological polar surface area (TPSA) is 152 Å². The summed E-state index contributed by atoms with van der Waals surface area (Å²) in [5.41, 5.74) is -5.83. The number of Topliss-reactive ketones (excluding diaryl/α,β-unsaturated/α-hetero) is 1. The number of carbonyl (C=O) groups excluding carboxylic acids is 3. The third-order valence-electron chi connectivity index (χ3n) is 8.50. The van der Waals surface area contributed by atoms with Crippen molar-refractivity contribution < 1.29 is 44.0 Å². The molecule has 1 saturated heterocycles. The second-order valence-electron chi connectivity index (χ2n) is 11.1. The van der Waals surface area contributed by atoms with Crippen molar-refractivity contribution in [2.45, 2.75) is 102 Å². The Morgan fingerprint density at radius 3 is 2.41 bits per heavy atom. The highest BCUT2D eigenvalue weighted by atomic mass is 16.7. The van der Waals surface area contributed by atoms with Gasteiger partial charge in [-0.3, -0.25) is 4.79 Å². The van der Waals surface area contributed by atoms with Crippen LogP contribution >= 0.6 is 0 Å². The molecule has 3 fully saturated rings. The second-order valence-corrected chi connectivity index (χ2v) is 11.1. The van der Waals surface area contributed by atoms with Crippen LogP contribution in [0.25, 0.3) is 0 Å². The molecule has 2 aliphatic carbocycles. The number of hydrogen-bond donors (Lipinski definition) is 4. The van der Waals surface area contributed by atoms with Gasteiger partial charge in [0, 0.05) is 24.2 Å². The molecular weight excluding hydrogens is 446 g/mol. The van der Waals surface area contributed by atoms with E-state index in [1.165, 1.54) is 19.9 Å². The van der Waals surface area contributed by atoms with Crippen molar-refractivity contribution in [3.8, 4) is 0 Å². The fourth-order valence-corrected chi connectivity index (χ4v) is 6.79. The summed E-state index contributed by atoms with van der Waals surface area (Å²) in [5.74, 6) is -2.17. The maximum absolute atomic E-state index is 13.7. The summed E-state index contributed by atoms with van der Waals surface area (Å²) < 4.78 is 11.8. The van der Waals surface area contributed by atoms with Crippen LogP contribution in [-0.4, -0.2) is 68.3 Å². The minimum absolute atomic E-state index is 0.00556. The van der Waals surface area contributed by atoms with Gasteiger partial charge in [0.05, 0.1) is 17.8 Å². The van der Waals surface area contributed by atoms with Crippen LogP contribution in [0, 0.1) is 16.7 Å². The van der Waals surface area contributed by atoms with Gasteiger partial charge < -0.3 is 29.6 Å². The minimum atomic E-state index is -2.32. The molecule has 0 radical (unpaired) electrons. The van der Waals surface area contributed by atoms with E-state index >= 15 is 0 Å². The highest BCUT2D eigenvalue weighted by molar-refractivity contribution is 5.92. The Morgan fingerprint density at radius 2 is 1.85 bits per heavy atom. The molecule has 192 valence electrons. The van der Waals surface area contributed by atoms with Crippen molar-refractivity contribution in [1.82, 2.24) is 5.48 Å². The Labute approximate surface area is 199 Å². The number of carbonyl (C=O) groups is 3. The molecule has 3 rings (SSSR count). The normalized spacial score (nSPS) is 45.4. The molecule has 1 amide bonds. The lowest BCUT2D eigenvalue weighted by Crippen LogP contribution is -2.86. The number of fused-ring (bicyclic) bond motifs is 3. The van der Waals surface area contributed by atoms with Gasteiger partial charge in [0.1, 0.15) is 5.60 Å². The smallest absolute Gasteiger partial charge is 0.438 e. The fraction of sp³-hybridized carbons (Fsp3) is 0.792. The molecule has 0 unspecified atom stereocenters.